The number of nitrogens with zero attached hydrogens (tertiary/aromatic N) is 2. The molecule has 27 heavy (non-hydrogen) atoms. The van der Waals surface area contributed by atoms with Crippen LogP contribution in [-0.4, -0.2) is 22.7 Å². The molecule has 0 amide bonds. The molecule has 0 spiro atoms. The highest BCUT2D eigenvalue weighted by atomic mass is 16.5. The number of hydrogen-bond acceptors (Lipinski definition) is 5. The fourth-order valence-electron chi connectivity index (χ4n) is 2.92. The van der Waals surface area contributed by atoms with Gasteiger partial charge < -0.3 is 10.1 Å². The number of para-hydroxylation sites is 2. The second kappa shape index (κ2) is 7.86. The van der Waals surface area contributed by atoms with Gasteiger partial charge in [0.1, 0.15) is 17.1 Å². The number of ether oxygens (including phenoxy) is 1. The van der Waals surface area contributed by atoms with Gasteiger partial charge in [-0.2, -0.15) is 5.10 Å². The Morgan fingerprint density at radius 3 is 2.41 bits per heavy atom. The third kappa shape index (κ3) is 3.60. The zero-order chi connectivity index (χ0) is 19.4. The first-order chi connectivity index (χ1) is 13.1. The van der Waals surface area contributed by atoms with Gasteiger partial charge in [0.2, 0.25) is 0 Å². The first-order valence-corrected chi connectivity index (χ1v) is 8.68. The van der Waals surface area contributed by atoms with Crippen molar-refractivity contribution in [3.63, 3.8) is 0 Å². The summed E-state index contributed by atoms with van der Waals surface area (Å²) < 4.78 is 6.71. The predicted molar refractivity (Wildman–Crippen MR) is 106 cm³/mol. The highest BCUT2D eigenvalue weighted by Crippen LogP contribution is 2.31. The molecule has 0 radical (unpaired) electrons. The lowest BCUT2D eigenvalue weighted by Gasteiger charge is -2.17. The van der Waals surface area contributed by atoms with E-state index < -0.39 is 0 Å². The summed E-state index contributed by atoms with van der Waals surface area (Å²) in [6.07, 6.45) is 0. The van der Waals surface area contributed by atoms with Gasteiger partial charge in [-0.3, -0.25) is 9.59 Å². The minimum atomic E-state index is -0.353. The standard InChI is InChI=1S/C21H21N3O3/c1-4-24-21(26)20(22-16-12-8-9-13-17(16)27-3)18(14(2)25)19(23-24)15-10-6-5-7-11-15/h5-13,22H,4H2,1-3H3. The van der Waals surface area contributed by atoms with Crippen LogP contribution in [0.25, 0.3) is 11.3 Å². The summed E-state index contributed by atoms with van der Waals surface area (Å²) in [6.45, 7) is 3.66. The predicted octanol–water partition coefficient (Wildman–Crippen LogP) is 3.89. The smallest absolute Gasteiger partial charge is 0.291 e. The Morgan fingerprint density at radius 1 is 1.11 bits per heavy atom. The van der Waals surface area contributed by atoms with E-state index in [1.165, 1.54) is 11.6 Å². The number of anilines is 2. The topological polar surface area (TPSA) is 73.2 Å². The molecule has 0 atom stereocenters. The first-order valence-electron chi connectivity index (χ1n) is 8.68. The molecule has 3 aromatic rings. The number of nitrogens with one attached hydrogen (secondary N) is 1. The minimum absolute atomic E-state index is 0.197. The number of benzene rings is 2. The lowest BCUT2D eigenvalue weighted by Crippen LogP contribution is -2.28. The van der Waals surface area contributed by atoms with Crippen molar-refractivity contribution >= 4 is 17.2 Å². The molecule has 2 aromatic carbocycles. The molecule has 0 aliphatic rings. The van der Waals surface area contributed by atoms with Crippen LogP contribution in [0.3, 0.4) is 0 Å². The number of aryl methyl sites for hydroxylation is 1. The van der Waals surface area contributed by atoms with Gasteiger partial charge in [-0.05, 0) is 26.0 Å². The van der Waals surface area contributed by atoms with Crippen LogP contribution in [0.1, 0.15) is 24.2 Å². The number of aromatic nitrogens is 2. The summed E-state index contributed by atoms with van der Waals surface area (Å²) in [5.74, 6) is 0.339. The molecular formula is C21H21N3O3. The molecule has 1 aromatic heterocycles. The molecule has 1 heterocycles. The van der Waals surface area contributed by atoms with Crippen molar-refractivity contribution in [2.45, 2.75) is 20.4 Å². The Morgan fingerprint density at radius 2 is 1.78 bits per heavy atom. The van der Waals surface area contributed by atoms with Crippen molar-refractivity contribution in [1.29, 1.82) is 0 Å². The maximum atomic E-state index is 13.0. The first kappa shape index (κ1) is 18.4. The van der Waals surface area contributed by atoms with Crippen LogP contribution in [0.15, 0.2) is 59.4 Å². The van der Waals surface area contributed by atoms with E-state index in [9.17, 15) is 9.59 Å². The quantitative estimate of drug-likeness (QED) is 0.673. The number of hydrogen-bond donors (Lipinski definition) is 1. The molecule has 1 N–H and O–H groups in total. The van der Waals surface area contributed by atoms with Crippen LogP contribution in [0.5, 0.6) is 5.75 Å². The molecule has 0 aliphatic carbocycles. The van der Waals surface area contributed by atoms with E-state index in [2.05, 4.69) is 10.4 Å². The van der Waals surface area contributed by atoms with Crippen LogP contribution < -0.4 is 15.6 Å². The van der Waals surface area contributed by atoms with Crippen molar-refractivity contribution in [2.24, 2.45) is 0 Å². The number of Topliss-reactive ketones (excluding diaryl/α,β-unsaturated/α-hetero) is 1. The van der Waals surface area contributed by atoms with Crippen molar-refractivity contribution in [2.75, 3.05) is 12.4 Å². The number of rotatable bonds is 6. The van der Waals surface area contributed by atoms with E-state index in [-0.39, 0.29) is 22.6 Å². The van der Waals surface area contributed by atoms with E-state index in [1.54, 1.807) is 19.2 Å². The number of methoxy groups -OCH3 is 1. The zero-order valence-corrected chi connectivity index (χ0v) is 15.5. The second-order valence-electron chi connectivity index (χ2n) is 5.97. The summed E-state index contributed by atoms with van der Waals surface area (Å²) in [6, 6.07) is 16.6. The van der Waals surface area contributed by atoms with Gasteiger partial charge in [0, 0.05) is 12.1 Å². The number of ketones is 1. The summed E-state index contributed by atoms with van der Waals surface area (Å²) >= 11 is 0. The highest BCUT2D eigenvalue weighted by molar-refractivity contribution is 6.05. The Labute approximate surface area is 157 Å². The third-order valence-corrected chi connectivity index (χ3v) is 4.22. The average Bonchev–Trinajstić information content (AvgIpc) is 2.70. The largest absolute Gasteiger partial charge is 0.495 e. The lowest BCUT2D eigenvalue weighted by molar-refractivity contribution is 0.101. The van der Waals surface area contributed by atoms with Crippen LogP contribution in [-0.2, 0) is 6.54 Å². The van der Waals surface area contributed by atoms with Gasteiger partial charge in [0.25, 0.3) is 5.56 Å². The van der Waals surface area contributed by atoms with Gasteiger partial charge in [-0.1, -0.05) is 42.5 Å². The fourth-order valence-corrected chi connectivity index (χ4v) is 2.92. The lowest BCUT2D eigenvalue weighted by atomic mass is 10.0. The maximum absolute atomic E-state index is 13.0. The van der Waals surface area contributed by atoms with E-state index in [4.69, 9.17) is 4.74 Å². The molecule has 0 fully saturated rings. The molecule has 0 saturated heterocycles. The van der Waals surface area contributed by atoms with Crippen LogP contribution in [0.4, 0.5) is 11.4 Å². The Kier molecular flexibility index (Phi) is 5.35. The molecule has 0 aliphatic heterocycles. The third-order valence-electron chi connectivity index (χ3n) is 4.22. The molecule has 3 rings (SSSR count). The average molecular weight is 363 g/mol. The second-order valence-corrected chi connectivity index (χ2v) is 5.97. The zero-order valence-electron chi connectivity index (χ0n) is 15.5. The van der Waals surface area contributed by atoms with Crippen molar-refractivity contribution in [3.05, 3.63) is 70.5 Å². The van der Waals surface area contributed by atoms with Crippen LogP contribution in [0, 0.1) is 0 Å². The summed E-state index contributed by atoms with van der Waals surface area (Å²) in [5, 5.41) is 7.55. The van der Waals surface area contributed by atoms with Gasteiger partial charge in [-0.15, -0.1) is 0 Å². The molecule has 0 bridgehead atoms. The number of carbonyl (C=O) groups is 1. The van der Waals surface area contributed by atoms with Gasteiger partial charge >= 0.3 is 0 Å². The molecule has 6 nitrogen and oxygen atoms in total. The van der Waals surface area contributed by atoms with E-state index in [0.717, 1.165) is 5.56 Å². The van der Waals surface area contributed by atoms with E-state index >= 15 is 0 Å². The Balaban J connectivity index is 2.29. The van der Waals surface area contributed by atoms with Gasteiger partial charge in [0.05, 0.1) is 18.4 Å². The van der Waals surface area contributed by atoms with E-state index in [0.29, 0.717) is 23.7 Å². The summed E-state index contributed by atoms with van der Waals surface area (Å²) in [7, 11) is 1.55. The van der Waals surface area contributed by atoms with Crippen molar-refractivity contribution in [3.8, 4) is 17.0 Å². The molecule has 6 heteroatoms. The van der Waals surface area contributed by atoms with Gasteiger partial charge in [0.15, 0.2) is 5.78 Å². The monoisotopic (exact) mass is 363 g/mol. The molecular weight excluding hydrogens is 342 g/mol. The SMILES string of the molecule is CCn1nc(-c2ccccc2)c(C(C)=O)c(Nc2ccccc2OC)c1=O. The number of carbonyl (C=O) groups excluding carboxylic acids is 1. The normalized spacial score (nSPS) is 10.5. The highest BCUT2D eigenvalue weighted by Gasteiger charge is 2.22. The van der Waals surface area contributed by atoms with Crippen molar-refractivity contribution < 1.29 is 9.53 Å². The maximum Gasteiger partial charge on any atom is 0.291 e. The summed E-state index contributed by atoms with van der Waals surface area (Å²) in [5.41, 5.74) is 1.96. The minimum Gasteiger partial charge on any atom is -0.495 e. The van der Waals surface area contributed by atoms with Crippen LogP contribution >= 0.6 is 0 Å². The Bertz CT molecular complexity index is 1030. The molecule has 0 unspecified atom stereocenters. The van der Waals surface area contributed by atoms with E-state index in [1.807, 2.05) is 49.4 Å². The molecule has 138 valence electrons. The van der Waals surface area contributed by atoms with Crippen molar-refractivity contribution in [1.82, 2.24) is 9.78 Å². The molecule has 0 saturated carbocycles. The Hall–Kier alpha value is -3.41. The fraction of sp³-hybridized carbons (Fsp3) is 0.190. The van der Waals surface area contributed by atoms with Crippen LogP contribution in [0.2, 0.25) is 0 Å². The van der Waals surface area contributed by atoms with Gasteiger partial charge in [-0.25, -0.2) is 4.68 Å². The summed E-state index contributed by atoms with van der Waals surface area (Å²) in [4.78, 5) is 25.5.